The van der Waals surface area contributed by atoms with Gasteiger partial charge < -0.3 is 14.6 Å². The number of furan rings is 1. The van der Waals surface area contributed by atoms with E-state index in [1.165, 1.54) is 17.2 Å². The topological polar surface area (TPSA) is 62.6 Å². The molecule has 0 fully saturated rings. The van der Waals surface area contributed by atoms with Crippen molar-refractivity contribution in [1.29, 1.82) is 0 Å². The summed E-state index contributed by atoms with van der Waals surface area (Å²) in [4.78, 5) is 24.6. The third-order valence-corrected chi connectivity index (χ3v) is 2.64. The maximum Gasteiger partial charge on any atom is 0.256 e. The van der Waals surface area contributed by atoms with Crippen LogP contribution in [-0.2, 0) is 4.79 Å². The molecule has 1 heterocycles. The van der Waals surface area contributed by atoms with E-state index in [0.29, 0.717) is 10.2 Å². The number of nitrogens with one attached hydrogen (secondary N) is 1. The van der Waals surface area contributed by atoms with Crippen LogP contribution in [0.1, 0.15) is 17.3 Å². The van der Waals surface area contributed by atoms with Crippen LogP contribution in [0.15, 0.2) is 21.4 Å². The molecule has 0 aliphatic carbocycles. The summed E-state index contributed by atoms with van der Waals surface area (Å²) in [5.74, 6) is -0.503. The second-order valence-corrected chi connectivity index (χ2v) is 4.26. The van der Waals surface area contributed by atoms with Crippen molar-refractivity contribution in [2.24, 2.45) is 0 Å². The van der Waals surface area contributed by atoms with Gasteiger partial charge in [-0.25, -0.2) is 0 Å². The molecule has 0 spiro atoms. The first-order valence-electron chi connectivity index (χ1n) is 4.68. The molecule has 0 aromatic carbocycles. The van der Waals surface area contributed by atoms with Gasteiger partial charge in [-0.1, -0.05) is 0 Å². The maximum absolute atomic E-state index is 11.7. The van der Waals surface area contributed by atoms with E-state index < -0.39 is 6.04 Å². The molecule has 0 saturated heterocycles. The molecule has 1 N–H and O–H groups in total. The molecular weight excluding hydrogens is 276 g/mol. The van der Waals surface area contributed by atoms with Gasteiger partial charge in [-0.15, -0.1) is 0 Å². The van der Waals surface area contributed by atoms with Crippen LogP contribution in [0.25, 0.3) is 0 Å². The van der Waals surface area contributed by atoms with E-state index in [1.807, 2.05) is 0 Å². The van der Waals surface area contributed by atoms with E-state index >= 15 is 0 Å². The molecule has 0 aliphatic heterocycles. The van der Waals surface area contributed by atoms with Crippen LogP contribution in [0.4, 0.5) is 0 Å². The number of rotatable bonds is 3. The molecule has 88 valence electrons. The fraction of sp³-hybridized carbons (Fsp3) is 0.400. The van der Waals surface area contributed by atoms with Crippen LogP contribution in [0, 0.1) is 0 Å². The van der Waals surface area contributed by atoms with Crippen LogP contribution < -0.4 is 5.32 Å². The molecule has 0 radical (unpaired) electrons. The number of nitrogens with zero attached hydrogens (tertiary/aromatic N) is 1. The summed E-state index contributed by atoms with van der Waals surface area (Å²) in [5, 5.41) is 2.58. The lowest BCUT2D eigenvalue weighted by Gasteiger charge is -2.17. The predicted molar refractivity (Wildman–Crippen MR) is 62.0 cm³/mol. The van der Waals surface area contributed by atoms with E-state index in [0.717, 1.165) is 0 Å². The van der Waals surface area contributed by atoms with Crippen LogP contribution in [-0.4, -0.2) is 36.9 Å². The molecule has 5 nitrogen and oxygen atoms in total. The first-order chi connectivity index (χ1) is 7.43. The van der Waals surface area contributed by atoms with Gasteiger partial charge in [0.1, 0.15) is 6.04 Å². The summed E-state index contributed by atoms with van der Waals surface area (Å²) in [5.41, 5.74) is 0.374. The molecule has 1 rings (SSSR count). The molecular formula is C10H13BrN2O3. The Kier molecular flexibility index (Phi) is 4.12. The Balaban J connectivity index is 2.66. The van der Waals surface area contributed by atoms with Gasteiger partial charge in [-0.3, -0.25) is 9.59 Å². The third kappa shape index (κ3) is 2.85. The van der Waals surface area contributed by atoms with Crippen molar-refractivity contribution in [3.05, 3.63) is 22.6 Å². The van der Waals surface area contributed by atoms with Crippen LogP contribution in [0.2, 0.25) is 0 Å². The van der Waals surface area contributed by atoms with Gasteiger partial charge in [-0.05, 0) is 28.9 Å². The van der Waals surface area contributed by atoms with Gasteiger partial charge in [0, 0.05) is 14.1 Å². The second-order valence-electron chi connectivity index (χ2n) is 3.54. The van der Waals surface area contributed by atoms with Gasteiger partial charge in [0.15, 0.2) is 4.67 Å². The Hall–Kier alpha value is -1.30. The molecule has 1 unspecified atom stereocenters. The average Bonchev–Trinajstić information content (AvgIpc) is 2.62. The Morgan fingerprint density at radius 1 is 1.50 bits per heavy atom. The minimum atomic E-state index is -0.565. The Morgan fingerprint density at radius 3 is 2.56 bits per heavy atom. The van der Waals surface area contributed by atoms with Gasteiger partial charge in [-0.2, -0.15) is 0 Å². The summed E-state index contributed by atoms with van der Waals surface area (Å²) in [6.07, 6.45) is 1.40. The van der Waals surface area contributed by atoms with Crippen molar-refractivity contribution < 1.29 is 14.0 Å². The molecule has 0 saturated carbocycles. The van der Waals surface area contributed by atoms with Crippen molar-refractivity contribution in [3.8, 4) is 0 Å². The van der Waals surface area contributed by atoms with Gasteiger partial charge in [0.2, 0.25) is 5.91 Å². The van der Waals surface area contributed by atoms with E-state index in [-0.39, 0.29) is 11.8 Å². The van der Waals surface area contributed by atoms with Crippen LogP contribution in [0.3, 0.4) is 0 Å². The summed E-state index contributed by atoms with van der Waals surface area (Å²) in [6.45, 7) is 1.63. The highest BCUT2D eigenvalue weighted by Crippen LogP contribution is 2.17. The summed E-state index contributed by atoms with van der Waals surface area (Å²) >= 11 is 3.10. The second kappa shape index (κ2) is 5.16. The smallest absolute Gasteiger partial charge is 0.256 e. The number of likely N-dealkylation sites (N-methyl/N-ethyl adjacent to an activating group) is 1. The lowest BCUT2D eigenvalue weighted by atomic mass is 10.2. The number of carbonyl (C=O) groups is 2. The number of amides is 2. The summed E-state index contributed by atoms with van der Waals surface area (Å²) < 4.78 is 5.29. The van der Waals surface area contributed by atoms with Gasteiger partial charge >= 0.3 is 0 Å². The van der Waals surface area contributed by atoms with Crippen molar-refractivity contribution in [3.63, 3.8) is 0 Å². The van der Waals surface area contributed by atoms with Gasteiger partial charge in [0.25, 0.3) is 5.91 Å². The molecule has 6 heteroatoms. The van der Waals surface area contributed by atoms with Crippen molar-refractivity contribution in [2.75, 3.05) is 14.1 Å². The van der Waals surface area contributed by atoms with Crippen LogP contribution >= 0.6 is 15.9 Å². The molecule has 0 bridgehead atoms. The Bertz CT molecular complexity index is 401. The van der Waals surface area contributed by atoms with Crippen molar-refractivity contribution in [1.82, 2.24) is 10.2 Å². The number of hydrogen-bond donors (Lipinski definition) is 1. The van der Waals surface area contributed by atoms with Crippen LogP contribution in [0.5, 0.6) is 0 Å². The predicted octanol–water partition coefficient (Wildman–Crippen LogP) is 1.25. The highest BCUT2D eigenvalue weighted by Gasteiger charge is 2.20. The zero-order valence-electron chi connectivity index (χ0n) is 9.28. The maximum atomic E-state index is 11.7. The number of halogens is 1. The normalized spacial score (nSPS) is 12.0. The lowest BCUT2D eigenvalue weighted by Crippen LogP contribution is -2.44. The largest absolute Gasteiger partial charge is 0.457 e. The summed E-state index contributed by atoms with van der Waals surface area (Å²) in [6, 6.07) is 0.969. The first kappa shape index (κ1) is 12.8. The molecule has 0 aliphatic rings. The fourth-order valence-electron chi connectivity index (χ4n) is 1.18. The molecule has 16 heavy (non-hydrogen) atoms. The fourth-order valence-corrected chi connectivity index (χ4v) is 1.60. The minimum absolute atomic E-state index is 0.159. The first-order valence-corrected chi connectivity index (χ1v) is 5.47. The zero-order valence-corrected chi connectivity index (χ0v) is 10.9. The molecule has 1 aromatic rings. The highest BCUT2D eigenvalue weighted by atomic mass is 79.9. The van der Waals surface area contributed by atoms with Crippen molar-refractivity contribution in [2.45, 2.75) is 13.0 Å². The monoisotopic (exact) mass is 288 g/mol. The number of hydrogen-bond acceptors (Lipinski definition) is 3. The van der Waals surface area contributed by atoms with Crippen molar-refractivity contribution >= 4 is 27.7 Å². The lowest BCUT2D eigenvalue weighted by molar-refractivity contribution is -0.130. The average molecular weight is 289 g/mol. The van der Waals surface area contributed by atoms with E-state index in [1.54, 1.807) is 21.0 Å². The Labute approximate surface area is 102 Å². The SMILES string of the molecule is CC(NC(=O)c1ccoc1Br)C(=O)N(C)C. The standard InChI is InChI=1S/C10H13BrN2O3/c1-6(10(15)13(2)3)12-9(14)7-4-5-16-8(7)11/h4-6H,1-3H3,(H,12,14). The van der Waals surface area contributed by atoms with E-state index in [2.05, 4.69) is 21.2 Å². The molecule has 1 aromatic heterocycles. The Morgan fingerprint density at radius 2 is 2.12 bits per heavy atom. The van der Waals surface area contributed by atoms with E-state index in [4.69, 9.17) is 4.42 Å². The molecule has 1 atom stereocenters. The van der Waals surface area contributed by atoms with E-state index in [9.17, 15) is 9.59 Å². The molecule has 2 amide bonds. The third-order valence-electron chi connectivity index (χ3n) is 2.02. The minimum Gasteiger partial charge on any atom is -0.457 e. The number of carbonyl (C=O) groups excluding carboxylic acids is 2. The zero-order chi connectivity index (χ0) is 12.3. The quantitative estimate of drug-likeness (QED) is 0.911. The summed E-state index contributed by atoms with van der Waals surface area (Å²) in [7, 11) is 3.28. The highest BCUT2D eigenvalue weighted by molar-refractivity contribution is 9.10. The van der Waals surface area contributed by atoms with Gasteiger partial charge in [0.05, 0.1) is 11.8 Å².